The Morgan fingerprint density at radius 2 is 1.76 bits per heavy atom. The third-order valence-corrected chi connectivity index (χ3v) is 4.62. The van der Waals surface area contributed by atoms with Gasteiger partial charge in [0.05, 0.1) is 6.21 Å². The highest BCUT2D eigenvalue weighted by Crippen LogP contribution is 2.29. The minimum Gasteiger partial charge on any atom is -0.479 e. The van der Waals surface area contributed by atoms with Crippen LogP contribution in [0.5, 0.6) is 5.75 Å². The molecule has 11 heteroatoms. The van der Waals surface area contributed by atoms with Crippen LogP contribution in [0.15, 0.2) is 33.1 Å². The lowest BCUT2D eigenvalue weighted by molar-refractivity contribution is 0.0923. The van der Waals surface area contributed by atoms with E-state index in [2.05, 4.69) is 15.3 Å². The van der Waals surface area contributed by atoms with Crippen LogP contribution in [0.2, 0.25) is 0 Å². The van der Waals surface area contributed by atoms with E-state index in [1.165, 1.54) is 29.7 Å². The molecule has 0 fully saturated rings. The summed E-state index contributed by atoms with van der Waals surface area (Å²) in [5, 5.41) is 5.64. The van der Waals surface area contributed by atoms with Crippen LogP contribution < -0.4 is 10.2 Å². The summed E-state index contributed by atoms with van der Waals surface area (Å²) in [5.74, 6) is -13.2. The van der Waals surface area contributed by atoms with Gasteiger partial charge in [0.1, 0.15) is 12.4 Å². The Labute approximate surface area is 164 Å². The molecule has 3 aromatic rings. The number of carbonyl (C=O) groups is 1. The molecule has 2 aromatic heterocycles. The van der Waals surface area contributed by atoms with E-state index in [0.29, 0.717) is 0 Å². The molecule has 152 valence electrons. The first-order valence-corrected chi connectivity index (χ1v) is 8.78. The van der Waals surface area contributed by atoms with Crippen molar-refractivity contribution in [2.45, 2.75) is 13.5 Å². The van der Waals surface area contributed by atoms with Crippen LogP contribution in [-0.4, -0.2) is 12.1 Å². The molecule has 2 heterocycles. The van der Waals surface area contributed by atoms with Crippen molar-refractivity contribution in [1.29, 1.82) is 0 Å². The SMILES string of the molecule is Cc1ccsc1C=NNC(=O)c1ccc(COc2c(F)c(F)c(F)c(F)c2F)o1. The summed E-state index contributed by atoms with van der Waals surface area (Å²) in [5.41, 5.74) is 3.22. The van der Waals surface area contributed by atoms with Gasteiger partial charge in [0.2, 0.25) is 29.1 Å². The van der Waals surface area contributed by atoms with Gasteiger partial charge in [-0.2, -0.15) is 13.9 Å². The predicted octanol–water partition coefficient (Wildman–Crippen LogP) is 4.69. The molecule has 0 aliphatic heterocycles. The largest absolute Gasteiger partial charge is 0.479 e. The molecule has 0 atom stereocenters. The van der Waals surface area contributed by atoms with Crippen molar-refractivity contribution in [3.8, 4) is 5.75 Å². The number of aryl methyl sites for hydroxylation is 1. The van der Waals surface area contributed by atoms with Crippen molar-refractivity contribution < 1.29 is 35.9 Å². The molecular weight excluding hydrogens is 419 g/mol. The number of nitrogens with zero attached hydrogens (tertiary/aromatic N) is 1. The molecular formula is C18H11F5N2O3S. The molecule has 0 aliphatic carbocycles. The first-order chi connectivity index (χ1) is 13.8. The van der Waals surface area contributed by atoms with Gasteiger partial charge in [0, 0.05) is 4.88 Å². The summed E-state index contributed by atoms with van der Waals surface area (Å²) in [6.07, 6.45) is 1.45. The molecule has 0 spiro atoms. The molecule has 0 saturated heterocycles. The first kappa shape index (κ1) is 20.5. The highest BCUT2D eigenvalue weighted by molar-refractivity contribution is 7.11. The van der Waals surface area contributed by atoms with Gasteiger partial charge in [-0.15, -0.1) is 11.3 Å². The summed E-state index contributed by atoms with van der Waals surface area (Å²) in [4.78, 5) is 12.8. The zero-order chi connectivity index (χ0) is 21.1. The number of benzene rings is 1. The van der Waals surface area contributed by atoms with Crippen LogP contribution in [0.1, 0.15) is 26.8 Å². The van der Waals surface area contributed by atoms with E-state index in [0.717, 1.165) is 10.4 Å². The molecule has 0 radical (unpaired) electrons. The summed E-state index contributed by atoms with van der Waals surface area (Å²) >= 11 is 1.43. The van der Waals surface area contributed by atoms with E-state index in [1.54, 1.807) is 0 Å². The highest BCUT2D eigenvalue weighted by Gasteiger charge is 2.27. The number of carbonyl (C=O) groups excluding carboxylic acids is 1. The monoisotopic (exact) mass is 430 g/mol. The van der Waals surface area contributed by atoms with Gasteiger partial charge in [-0.3, -0.25) is 4.79 Å². The Kier molecular flexibility index (Phi) is 5.97. The topological polar surface area (TPSA) is 63.8 Å². The Hall–Kier alpha value is -3.21. The average molecular weight is 430 g/mol. The van der Waals surface area contributed by atoms with Crippen LogP contribution in [0.25, 0.3) is 0 Å². The fourth-order valence-corrected chi connectivity index (χ4v) is 2.94. The summed E-state index contributed by atoms with van der Waals surface area (Å²) < 4.78 is 76.2. The van der Waals surface area contributed by atoms with E-state index in [1.807, 2.05) is 18.4 Å². The third kappa shape index (κ3) is 4.29. The number of furan rings is 1. The first-order valence-electron chi connectivity index (χ1n) is 7.90. The lowest BCUT2D eigenvalue weighted by atomic mass is 10.2. The lowest BCUT2D eigenvalue weighted by Crippen LogP contribution is -2.16. The standard InChI is InChI=1S/C18H11F5N2O3S/c1-8-4-5-29-11(8)6-24-25-18(26)10-3-2-9(28-10)7-27-17-15(22)13(20)12(19)14(21)16(17)23/h2-6H,7H2,1H3,(H,25,26). The molecule has 0 saturated carbocycles. The van der Waals surface area contributed by atoms with E-state index in [-0.39, 0.29) is 11.5 Å². The maximum Gasteiger partial charge on any atom is 0.307 e. The highest BCUT2D eigenvalue weighted by atomic mass is 32.1. The second-order valence-corrected chi connectivity index (χ2v) is 6.57. The van der Waals surface area contributed by atoms with Gasteiger partial charge in [0.15, 0.2) is 11.5 Å². The van der Waals surface area contributed by atoms with Crippen molar-refractivity contribution >= 4 is 23.5 Å². The quantitative estimate of drug-likeness (QED) is 0.203. The number of amides is 1. The molecule has 1 aromatic carbocycles. The van der Waals surface area contributed by atoms with Crippen molar-refractivity contribution in [2.75, 3.05) is 0 Å². The van der Waals surface area contributed by atoms with Crippen molar-refractivity contribution in [1.82, 2.24) is 5.43 Å². The number of hydrazone groups is 1. The molecule has 0 aliphatic rings. The molecule has 3 rings (SSSR count). The average Bonchev–Trinajstić information content (AvgIpc) is 3.34. The zero-order valence-corrected chi connectivity index (χ0v) is 15.4. The maximum atomic E-state index is 13.6. The predicted molar refractivity (Wildman–Crippen MR) is 93.4 cm³/mol. The van der Waals surface area contributed by atoms with E-state index in [4.69, 9.17) is 4.42 Å². The van der Waals surface area contributed by atoms with Gasteiger partial charge < -0.3 is 9.15 Å². The number of nitrogens with one attached hydrogen (secondary N) is 1. The van der Waals surface area contributed by atoms with Crippen molar-refractivity contribution in [3.63, 3.8) is 0 Å². The summed E-state index contributed by atoms with van der Waals surface area (Å²) in [6, 6.07) is 4.36. The van der Waals surface area contributed by atoms with Crippen LogP contribution >= 0.6 is 11.3 Å². The normalized spacial score (nSPS) is 11.2. The summed E-state index contributed by atoms with van der Waals surface area (Å²) in [6.45, 7) is 1.20. The van der Waals surface area contributed by atoms with Crippen LogP contribution in [0, 0.1) is 36.0 Å². The molecule has 29 heavy (non-hydrogen) atoms. The minimum absolute atomic E-state index is 0.0860. The van der Waals surface area contributed by atoms with Crippen LogP contribution in [0.4, 0.5) is 22.0 Å². The van der Waals surface area contributed by atoms with Gasteiger partial charge in [0.25, 0.3) is 0 Å². The van der Waals surface area contributed by atoms with Gasteiger partial charge in [-0.1, -0.05) is 0 Å². The number of hydrogen-bond acceptors (Lipinski definition) is 5. The van der Waals surface area contributed by atoms with Gasteiger partial charge >= 0.3 is 5.91 Å². The number of thiophene rings is 1. The van der Waals surface area contributed by atoms with E-state index < -0.39 is 47.3 Å². The Morgan fingerprint density at radius 3 is 2.38 bits per heavy atom. The smallest absolute Gasteiger partial charge is 0.307 e. The molecule has 5 nitrogen and oxygen atoms in total. The van der Waals surface area contributed by atoms with Crippen molar-refractivity contribution in [2.24, 2.45) is 5.10 Å². The van der Waals surface area contributed by atoms with E-state index >= 15 is 0 Å². The van der Waals surface area contributed by atoms with Crippen LogP contribution in [-0.2, 0) is 6.61 Å². The fourth-order valence-electron chi connectivity index (χ4n) is 2.15. The number of hydrogen-bond donors (Lipinski definition) is 1. The Bertz CT molecular complexity index is 1060. The van der Waals surface area contributed by atoms with Gasteiger partial charge in [-0.05, 0) is 36.1 Å². The van der Waals surface area contributed by atoms with E-state index in [9.17, 15) is 26.7 Å². The maximum absolute atomic E-state index is 13.6. The van der Waals surface area contributed by atoms with Crippen LogP contribution in [0.3, 0.4) is 0 Å². The number of ether oxygens (including phenoxy) is 1. The third-order valence-electron chi connectivity index (χ3n) is 3.66. The molecule has 1 amide bonds. The lowest BCUT2D eigenvalue weighted by Gasteiger charge is -2.09. The van der Waals surface area contributed by atoms with Gasteiger partial charge in [-0.25, -0.2) is 18.6 Å². The molecule has 0 bridgehead atoms. The molecule has 1 N–H and O–H groups in total. The second kappa shape index (κ2) is 8.43. The number of halogens is 5. The zero-order valence-electron chi connectivity index (χ0n) is 14.6. The fraction of sp³-hybridized carbons (Fsp3) is 0.111. The summed E-state index contributed by atoms with van der Waals surface area (Å²) in [7, 11) is 0. The molecule has 0 unspecified atom stereocenters. The number of rotatable bonds is 6. The van der Waals surface area contributed by atoms with Crippen molar-refractivity contribution in [3.05, 3.63) is 74.6 Å². The Balaban J connectivity index is 1.64. The minimum atomic E-state index is -2.29. The second-order valence-electron chi connectivity index (χ2n) is 5.62. The Morgan fingerprint density at radius 1 is 1.10 bits per heavy atom.